The van der Waals surface area contributed by atoms with Crippen LogP contribution in [0.15, 0.2) is 0 Å². The van der Waals surface area contributed by atoms with E-state index in [1.54, 1.807) is 0 Å². The molecule has 3 heteroatoms. The van der Waals surface area contributed by atoms with Crippen LogP contribution in [0.3, 0.4) is 0 Å². The van der Waals surface area contributed by atoms with E-state index in [0.29, 0.717) is 6.04 Å². The van der Waals surface area contributed by atoms with Gasteiger partial charge in [0.05, 0.1) is 6.61 Å². The van der Waals surface area contributed by atoms with Crippen molar-refractivity contribution in [1.82, 2.24) is 4.90 Å². The second-order valence-corrected chi connectivity index (χ2v) is 5.39. The molecule has 3 nitrogen and oxygen atoms in total. The molecule has 0 aromatic carbocycles. The Hall–Kier alpha value is -0.120. The molecule has 0 spiro atoms. The van der Waals surface area contributed by atoms with Crippen LogP contribution in [-0.2, 0) is 4.74 Å². The smallest absolute Gasteiger partial charge is 0.0593 e. The SMILES string of the molecule is CCCOCCN1CC2CCCC(N)C2C1. The van der Waals surface area contributed by atoms with Crippen LogP contribution in [0.2, 0.25) is 0 Å². The Labute approximate surface area is 99.3 Å². The molecule has 3 atom stereocenters. The van der Waals surface area contributed by atoms with Crippen LogP contribution in [0.1, 0.15) is 32.6 Å². The Morgan fingerprint density at radius 2 is 2.12 bits per heavy atom. The van der Waals surface area contributed by atoms with Gasteiger partial charge < -0.3 is 15.4 Å². The molecule has 1 saturated carbocycles. The van der Waals surface area contributed by atoms with Crippen molar-refractivity contribution in [3.05, 3.63) is 0 Å². The highest BCUT2D eigenvalue weighted by Gasteiger charge is 2.38. The van der Waals surface area contributed by atoms with Gasteiger partial charge in [-0.2, -0.15) is 0 Å². The summed E-state index contributed by atoms with van der Waals surface area (Å²) < 4.78 is 5.55. The van der Waals surface area contributed by atoms with Crippen LogP contribution in [0.25, 0.3) is 0 Å². The largest absolute Gasteiger partial charge is 0.380 e. The monoisotopic (exact) mass is 226 g/mol. The van der Waals surface area contributed by atoms with Crippen molar-refractivity contribution in [2.45, 2.75) is 38.6 Å². The Bertz CT molecular complexity index is 210. The molecular formula is C13H26N2O. The number of likely N-dealkylation sites (tertiary alicyclic amines) is 1. The first kappa shape index (κ1) is 12.3. The first-order valence-corrected chi connectivity index (χ1v) is 6.87. The predicted octanol–water partition coefficient (Wildman–Crippen LogP) is 1.47. The summed E-state index contributed by atoms with van der Waals surface area (Å²) in [6.07, 6.45) is 5.09. The highest BCUT2D eigenvalue weighted by atomic mass is 16.5. The van der Waals surface area contributed by atoms with Crippen molar-refractivity contribution in [2.24, 2.45) is 17.6 Å². The molecule has 2 N–H and O–H groups in total. The van der Waals surface area contributed by atoms with Gasteiger partial charge in [-0.05, 0) is 31.1 Å². The van der Waals surface area contributed by atoms with Crippen molar-refractivity contribution in [2.75, 3.05) is 32.8 Å². The molecule has 0 aromatic rings. The Balaban J connectivity index is 1.70. The molecule has 1 saturated heterocycles. The number of ether oxygens (including phenoxy) is 1. The fourth-order valence-corrected chi connectivity index (χ4v) is 3.23. The third kappa shape index (κ3) is 2.96. The summed E-state index contributed by atoms with van der Waals surface area (Å²) in [5, 5.41) is 0. The average molecular weight is 226 g/mol. The zero-order valence-electron chi connectivity index (χ0n) is 10.5. The Morgan fingerprint density at radius 3 is 2.88 bits per heavy atom. The molecule has 3 unspecified atom stereocenters. The predicted molar refractivity (Wildman–Crippen MR) is 66.4 cm³/mol. The fourth-order valence-electron chi connectivity index (χ4n) is 3.23. The van der Waals surface area contributed by atoms with E-state index in [-0.39, 0.29) is 0 Å². The van der Waals surface area contributed by atoms with Crippen LogP contribution < -0.4 is 5.73 Å². The molecule has 0 bridgehead atoms. The van der Waals surface area contributed by atoms with Crippen LogP contribution >= 0.6 is 0 Å². The van der Waals surface area contributed by atoms with Crippen LogP contribution in [0, 0.1) is 11.8 Å². The lowest BCUT2D eigenvalue weighted by Crippen LogP contribution is -2.38. The molecule has 1 aliphatic carbocycles. The highest BCUT2D eigenvalue weighted by Crippen LogP contribution is 2.35. The van der Waals surface area contributed by atoms with E-state index in [9.17, 15) is 0 Å². The molecular weight excluding hydrogens is 200 g/mol. The summed E-state index contributed by atoms with van der Waals surface area (Å²) >= 11 is 0. The van der Waals surface area contributed by atoms with Gasteiger partial charge in [-0.25, -0.2) is 0 Å². The van der Waals surface area contributed by atoms with Gasteiger partial charge in [-0.1, -0.05) is 13.3 Å². The number of rotatable bonds is 5. The van der Waals surface area contributed by atoms with Gasteiger partial charge in [0, 0.05) is 32.3 Å². The van der Waals surface area contributed by atoms with E-state index in [1.807, 2.05) is 0 Å². The van der Waals surface area contributed by atoms with E-state index in [0.717, 1.165) is 38.0 Å². The van der Waals surface area contributed by atoms with Crippen molar-refractivity contribution in [3.63, 3.8) is 0 Å². The minimum atomic E-state index is 0.459. The average Bonchev–Trinajstić information content (AvgIpc) is 2.69. The lowest BCUT2D eigenvalue weighted by Gasteiger charge is -2.29. The minimum absolute atomic E-state index is 0.459. The molecule has 16 heavy (non-hydrogen) atoms. The summed E-state index contributed by atoms with van der Waals surface area (Å²) in [7, 11) is 0. The lowest BCUT2D eigenvalue weighted by molar-refractivity contribution is 0.110. The maximum Gasteiger partial charge on any atom is 0.0593 e. The summed E-state index contributed by atoms with van der Waals surface area (Å²) in [5.41, 5.74) is 6.20. The second kappa shape index (κ2) is 5.99. The van der Waals surface area contributed by atoms with E-state index in [4.69, 9.17) is 10.5 Å². The Morgan fingerprint density at radius 1 is 1.25 bits per heavy atom. The van der Waals surface area contributed by atoms with Crippen molar-refractivity contribution < 1.29 is 4.74 Å². The van der Waals surface area contributed by atoms with Crippen molar-refractivity contribution in [1.29, 1.82) is 0 Å². The van der Waals surface area contributed by atoms with Crippen LogP contribution in [0.4, 0.5) is 0 Å². The molecule has 94 valence electrons. The number of hydrogen-bond donors (Lipinski definition) is 1. The van der Waals surface area contributed by atoms with Gasteiger partial charge >= 0.3 is 0 Å². The number of nitrogens with two attached hydrogens (primary N) is 1. The van der Waals surface area contributed by atoms with Gasteiger partial charge in [-0.15, -0.1) is 0 Å². The lowest BCUT2D eigenvalue weighted by atomic mass is 9.78. The van der Waals surface area contributed by atoms with Crippen molar-refractivity contribution >= 4 is 0 Å². The fraction of sp³-hybridized carbons (Fsp3) is 1.00. The first-order valence-electron chi connectivity index (χ1n) is 6.87. The standard InChI is InChI=1S/C13H26N2O/c1-2-7-16-8-6-15-9-11-4-3-5-13(14)12(11)10-15/h11-13H,2-10,14H2,1H3. The number of nitrogens with zero attached hydrogens (tertiary/aromatic N) is 1. The minimum Gasteiger partial charge on any atom is -0.380 e. The molecule has 2 rings (SSSR count). The summed E-state index contributed by atoms with van der Waals surface area (Å²) in [6.45, 7) is 7.51. The maximum absolute atomic E-state index is 6.20. The molecule has 1 aliphatic heterocycles. The van der Waals surface area contributed by atoms with Gasteiger partial charge in [0.15, 0.2) is 0 Å². The van der Waals surface area contributed by atoms with Crippen molar-refractivity contribution in [3.8, 4) is 0 Å². The first-order chi connectivity index (χ1) is 7.81. The van der Waals surface area contributed by atoms with Gasteiger partial charge in [0.1, 0.15) is 0 Å². The topological polar surface area (TPSA) is 38.5 Å². The van der Waals surface area contributed by atoms with E-state index in [1.165, 1.54) is 32.4 Å². The summed E-state index contributed by atoms with van der Waals surface area (Å²) in [6, 6.07) is 0.459. The van der Waals surface area contributed by atoms with E-state index >= 15 is 0 Å². The summed E-state index contributed by atoms with van der Waals surface area (Å²) in [5.74, 6) is 1.63. The highest BCUT2D eigenvalue weighted by molar-refractivity contribution is 4.92. The van der Waals surface area contributed by atoms with Gasteiger partial charge in [-0.3, -0.25) is 0 Å². The Kier molecular flexibility index (Phi) is 4.62. The third-order valence-corrected chi connectivity index (χ3v) is 4.13. The zero-order valence-corrected chi connectivity index (χ0v) is 10.5. The van der Waals surface area contributed by atoms with Crippen LogP contribution in [-0.4, -0.2) is 43.8 Å². The third-order valence-electron chi connectivity index (χ3n) is 4.13. The zero-order chi connectivity index (χ0) is 11.4. The second-order valence-electron chi connectivity index (χ2n) is 5.39. The number of hydrogen-bond acceptors (Lipinski definition) is 3. The summed E-state index contributed by atoms with van der Waals surface area (Å²) in [4.78, 5) is 2.55. The van der Waals surface area contributed by atoms with Gasteiger partial charge in [0.25, 0.3) is 0 Å². The maximum atomic E-state index is 6.20. The molecule has 0 aromatic heterocycles. The van der Waals surface area contributed by atoms with Gasteiger partial charge in [0.2, 0.25) is 0 Å². The molecule has 2 fully saturated rings. The normalized spacial score (nSPS) is 35.2. The van der Waals surface area contributed by atoms with E-state index in [2.05, 4.69) is 11.8 Å². The van der Waals surface area contributed by atoms with E-state index < -0.39 is 0 Å². The molecule has 0 amide bonds. The molecule has 0 radical (unpaired) electrons. The molecule has 2 aliphatic rings. The van der Waals surface area contributed by atoms with Crippen LogP contribution in [0.5, 0.6) is 0 Å². The quantitative estimate of drug-likeness (QED) is 0.722. The molecule has 1 heterocycles. The number of fused-ring (bicyclic) bond motifs is 1.